The van der Waals surface area contributed by atoms with Crippen LogP contribution in [0, 0.1) is 26.2 Å². The van der Waals surface area contributed by atoms with Crippen LogP contribution in [-0.2, 0) is 18.8 Å². The van der Waals surface area contributed by atoms with Crippen molar-refractivity contribution in [3.63, 3.8) is 0 Å². The lowest BCUT2D eigenvalue weighted by Gasteiger charge is -2.42. The molecule has 2 aliphatic rings. The number of aliphatic imine (C=N–C) groups is 1. The molecule has 0 aliphatic carbocycles. The molecule has 0 saturated carbocycles. The number of aryl methyl sites for hydroxylation is 2. The first kappa shape index (κ1) is 31.6. The second-order valence-electron chi connectivity index (χ2n) is 14.0. The van der Waals surface area contributed by atoms with Gasteiger partial charge in [-0.3, -0.25) is 14.4 Å². The van der Waals surface area contributed by atoms with Crippen molar-refractivity contribution >= 4 is 35.6 Å². The molecule has 0 radical (unpaired) electrons. The molecule has 1 atom stereocenters. The van der Waals surface area contributed by atoms with E-state index in [1.807, 2.05) is 27.7 Å². The molecule has 4 heterocycles. The summed E-state index contributed by atoms with van der Waals surface area (Å²) in [6.45, 7) is 21.4. The van der Waals surface area contributed by atoms with E-state index in [2.05, 4.69) is 80.6 Å². The molecule has 1 fully saturated rings. The van der Waals surface area contributed by atoms with E-state index in [1.54, 1.807) is 11.3 Å². The van der Waals surface area contributed by atoms with E-state index < -0.39 is 18.8 Å². The summed E-state index contributed by atoms with van der Waals surface area (Å²) in [6.07, 6.45) is 3.28. The summed E-state index contributed by atoms with van der Waals surface area (Å²) < 4.78 is 20.7. The van der Waals surface area contributed by atoms with Crippen LogP contribution in [0.15, 0.2) is 29.3 Å². The van der Waals surface area contributed by atoms with Crippen molar-refractivity contribution in [1.82, 2.24) is 14.8 Å². The van der Waals surface area contributed by atoms with Gasteiger partial charge in [0.15, 0.2) is 5.82 Å². The normalized spacial score (nSPS) is 20.2. The fourth-order valence-corrected chi connectivity index (χ4v) is 6.86. The molecular weight excluding hydrogens is 559 g/mol. The van der Waals surface area contributed by atoms with Crippen LogP contribution in [0.4, 0.5) is 0 Å². The number of rotatable bonds is 4. The lowest BCUT2D eigenvalue weighted by atomic mass is 9.70. The smallest absolute Gasteiger partial charge is 0.460 e. The van der Waals surface area contributed by atoms with E-state index in [4.69, 9.17) is 19.0 Å². The van der Waals surface area contributed by atoms with E-state index in [0.29, 0.717) is 12.4 Å². The van der Waals surface area contributed by atoms with Crippen LogP contribution in [0.1, 0.15) is 113 Å². The Kier molecular flexibility index (Phi) is 8.53. The number of thiophene rings is 1. The van der Waals surface area contributed by atoms with Gasteiger partial charge in [-0.15, -0.1) is 21.5 Å². The Morgan fingerprint density at radius 1 is 1.09 bits per heavy atom. The standard InChI is InChI=1S/C33H45BN4O4S/c1-20-21(2)43-30-27(20)28(35-25(19-26(39)41-31(4,5)6)29-37-36-22(3)38(29)30)23-13-15-24(16-14-23)34-40-18-12-11-17-32(7,8)33(9,10)42-34/h13-16,25H,11-12,17-19H2,1-10H3/t25-/m0/s1. The Labute approximate surface area is 260 Å². The molecule has 0 amide bonds. The highest BCUT2D eigenvalue weighted by atomic mass is 32.1. The van der Waals surface area contributed by atoms with Crippen LogP contribution in [0.5, 0.6) is 0 Å². The third kappa shape index (κ3) is 6.38. The highest BCUT2D eigenvalue weighted by molar-refractivity contribution is 7.15. The summed E-state index contributed by atoms with van der Waals surface area (Å²) in [4.78, 5) is 19.5. The molecular formula is C33H45BN4O4S. The zero-order chi connectivity index (χ0) is 31.3. The van der Waals surface area contributed by atoms with Gasteiger partial charge in [-0.1, -0.05) is 44.5 Å². The first-order chi connectivity index (χ1) is 20.1. The van der Waals surface area contributed by atoms with Gasteiger partial charge in [0.1, 0.15) is 22.5 Å². The summed E-state index contributed by atoms with van der Waals surface area (Å²) >= 11 is 1.70. The van der Waals surface area contributed by atoms with Crippen LogP contribution in [0.3, 0.4) is 0 Å². The minimum atomic E-state index is -0.593. The number of carbonyl (C=O) groups is 1. The monoisotopic (exact) mass is 604 g/mol. The highest BCUT2D eigenvalue weighted by Crippen LogP contribution is 2.41. The highest BCUT2D eigenvalue weighted by Gasteiger charge is 2.42. The Balaban J connectivity index is 1.56. The van der Waals surface area contributed by atoms with Crippen molar-refractivity contribution in [3.8, 4) is 5.00 Å². The van der Waals surface area contributed by atoms with Crippen molar-refractivity contribution in [1.29, 1.82) is 0 Å². The number of fused-ring (bicyclic) bond motifs is 3. The Hall–Kier alpha value is -2.82. The van der Waals surface area contributed by atoms with E-state index in [0.717, 1.165) is 58.0 Å². The molecule has 0 bridgehead atoms. The Bertz CT molecular complexity index is 1530. The summed E-state index contributed by atoms with van der Waals surface area (Å²) in [6, 6.07) is 7.79. The average molecular weight is 605 g/mol. The number of hydrogen-bond acceptors (Lipinski definition) is 8. The molecule has 0 spiro atoms. The summed E-state index contributed by atoms with van der Waals surface area (Å²) in [5.41, 5.74) is 4.02. The van der Waals surface area contributed by atoms with Gasteiger partial charge < -0.3 is 14.0 Å². The van der Waals surface area contributed by atoms with Gasteiger partial charge in [0.05, 0.1) is 17.7 Å². The predicted molar refractivity (Wildman–Crippen MR) is 173 cm³/mol. The van der Waals surface area contributed by atoms with Crippen molar-refractivity contribution in [2.24, 2.45) is 10.4 Å². The van der Waals surface area contributed by atoms with Gasteiger partial charge in [-0.05, 0) is 84.7 Å². The third-order valence-corrected chi connectivity index (χ3v) is 10.2. The average Bonchev–Trinajstić information content (AvgIpc) is 3.39. The lowest BCUT2D eigenvalue weighted by Crippen LogP contribution is -2.50. The van der Waals surface area contributed by atoms with Crippen LogP contribution >= 0.6 is 11.3 Å². The molecule has 0 unspecified atom stereocenters. The summed E-state index contributed by atoms with van der Waals surface area (Å²) in [5.74, 6) is 1.09. The Morgan fingerprint density at radius 3 is 2.47 bits per heavy atom. The molecule has 43 heavy (non-hydrogen) atoms. The SMILES string of the molecule is Cc1sc2c(c1C)C(c1ccc(B3OCCCCC(C)(C)C(C)(C)O3)cc1)=N[C@@H](CC(=O)OC(C)(C)C)c1nnc(C)n1-2. The quantitative estimate of drug-likeness (QED) is 0.247. The zero-order valence-corrected chi connectivity index (χ0v) is 28.1. The topological polar surface area (TPSA) is 87.8 Å². The molecule has 5 rings (SSSR count). The van der Waals surface area contributed by atoms with Gasteiger partial charge in [-0.25, -0.2) is 0 Å². The fourth-order valence-electron chi connectivity index (χ4n) is 5.65. The molecule has 3 aromatic rings. The molecule has 1 saturated heterocycles. The molecule has 2 aromatic heterocycles. The number of esters is 1. The molecule has 2 aliphatic heterocycles. The second-order valence-corrected chi connectivity index (χ2v) is 15.2. The molecule has 230 valence electrons. The van der Waals surface area contributed by atoms with Gasteiger partial charge in [0.25, 0.3) is 0 Å². The number of ether oxygens (including phenoxy) is 1. The van der Waals surface area contributed by atoms with Crippen LogP contribution in [-0.4, -0.2) is 51.4 Å². The van der Waals surface area contributed by atoms with E-state index in [1.165, 1.54) is 4.88 Å². The van der Waals surface area contributed by atoms with Crippen LogP contribution in [0.2, 0.25) is 0 Å². The predicted octanol–water partition coefficient (Wildman–Crippen LogP) is 6.60. The maximum absolute atomic E-state index is 13.1. The van der Waals surface area contributed by atoms with Crippen molar-refractivity contribution in [2.75, 3.05) is 6.61 Å². The number of aromatic nitrogens is 3. The van der Waals surface area contributed by atoms with E-state index in [-0.39, 0.29) is 23.4 Å². The van der Waals surface area contributed by atoms with Crippen molar-refractivity contribution < 1.29 is 18.8 Å². The van der Waals surface area contributed by atoms with Gasteiger partial charge >= 0.3 is 13.1 Å². The van der Waals surface area contributed by atoms with Crippen molar-refractivity contribution in [3.05, 3.63) is 57.5 Å². The number of hydrogen-bond donors (Lipinski definition) is 0. The van der Waals surface area contributed by atoms with Gasteiger partial charge in [0, 0.05) is 22.6 Å². The Morgan fingerprint density at radius 2 is 1.79 bits per heavy atom. The molecule has 0 N–H and O–H groups in total. The molecule has 10 heteroatoms. The number of benzene rings is 1. The third-order valence-electron chi connectivity index (χ3n) is 8.97. The summed E-state index contributed by atoms with van der Waals surface area (Å²) in [5, 5.41) is 9.92. The first-order valence-electron chi connectivity index (χ1n) is 15.3. The van der Waals surface area contributed by atoms with Gasteiger partial charge in [-0.2, -0.15) is 0 Å². The summed E-state index contributed by atoms with van der Waals surface area (Å²) in [7, 11) is -0.461. The lowest BCUT2D eigenvalue weighted by molar-refractivity contribution is -0.155. The first-order valence-corrected chi connectivity index (χ1v) is 16.1. The maximum Gasteiger partial charge on any atom is 0.494 e. The molecule has 1 aromatic carbocycles. The van der Waals surface area contributed by atoms with Crippen LogP contribution in [0.25, 0.3) is 5.00 Å². The van der Waals surface area contributed by atoms with E-state index in [9.17, 15) is 4.79 Å². The second kappa shape index (κ2) is 11.6. The fraction of sp³-hybridized carbons (Fsp3) is 0.576. The van der Waals surface area contributed by atoms with Crippen molar-refractivity contribution in [2.45, 2.75) is 112 Å². The largest absolute Gasteiger partial charge is 0.494 e. The zero-order valence-electron chi connectivity index (χ0n) is 27.3. The van der Waals surface area contributed by atoms with Crippen LogP contribution < -0.4 is 5.46 Å². The number of carbonyl (C=O) groups excluding carboxylic acids is 1. The number of nitrogens with zero attached hydrogens (tertiary/aromatic N) is 4. The molecule has 8 nitrogen and oxygen atoms in total. The van der Waals surface area contributed by atoms with Gasteiger partial charge in [0.2, 0.25) is 0 Å². The minimum Gasteiger partial charge on any atom is -0.460 e. The maximum atomic E-state index is 13.1. The minimum absolute atomic E-state index is 0.0133. The van der Waals surface area contributed by atoms with E-state index >= 15 is 0 Å².